The lowest BCUT2D eigenvalue weighted by atomic mass is 10.2. The Morgan fingerprint density at radius 2 is 1.26 bits per heavy atom. The third kappa shape index (κ3) is 21.9. The molecule has 0 aromatic heterocycles. The van der Waals surface area contributed by atoms with Gasteiger partial charge in [0, 0.05) is 13.8 Å². The fraction of sp³-hybridized carbons (Fsp3) is 0.467. The van der Waals surface area contributed by atoms with Crippen LogP contribution in [0.4, 0.5) is 0 Å². The molecule has 0 saturated carbocycles. The predicted octanol–water partition coefficient (Wildman–Crippen LogP) is 3.13. The monoisotopic (exact) mass is 268 g/mol. The number of aryl methyl sites for hydroxylation is 1. The molecule has 4 nitrogen and oxygen atoms in total. The van der Waals surface area contributed by atoms with Crippen LogP contribution in [0.25, 0.3) is 0 Å². The van der Waals surface area contributed by atoms with Crippen molar-refractivity contribution in [3.05, 3.63) is 35.9 Å². The highest BCUT2D eigenvalue weighted by molar-refractivity contribution is 5.66. The van der Waals surface area contributed by atoms with Gasteiger partial charge in [0.25, 0.3) is 0 Å². The van der Waals surface area contributed by atoms with Crippen LogP contribution in [0.15, 0.2) is 30.3 Å². The molecule has 4 heteroatoms. The lowest BCUT2D eigenvalue weighted by Gasteiger charge is -1.89. The maximum atomic E-state index is 9.82. The van der Waals surface area contributed by atoms with E-state index in [1.165, 1.54) is 19.4 Å². The largest absolute Gasteiger partial charge is 0.466 e. The average Bonchev–Trinajstić information content (AvgIpc) is 2.31. The van der Waals surface area contributed by atoms with Crippen LogP contribution in [0.5, 0.6) is 0 Å². The number of ether oxygens (including phenoxy) is 2. The van der Waals surface area contributed by atoms with E-state index < -0.39 is 0 Å². The van der Waals surface area contributed by atoms with Gasteiger partial charge in [-0.3, -0.25) is 9.59 Å². The molecular formula is C15H24O4. The first-order valence-electron chi connectivity index (χ1n) is 6.22. The van der Waals surface area contributed by atoms with E-state index in [-0.39, 0.29) is 11.9 Å². The van der Waals surface area contributed by atoms with Crippen molar-refractivity contribution < 1.29 is 19.1 Å². The van der Waals surface area contributed by atoms with E-state index in [0.29, 0.717) is 13.2 Å². The first-order valence-corrected chi connectivity index (χ1v) is 6.22. The molecule has 0 unspecified atom stereocenters. The van der Waals surface area contributed by atoms with Crippen molar-refractivity contribution in [2.24, 2.45) is 0 Å². The van der Waals surface area contributed by atoms with Crippen LogP contribution in [0.3, 0.4) is 0 Å². The fourth-order valence-corrected chi connectivity index (χ4v) is 0.941. The van der Waals surface area contributed by atoms with Gasteiger partial charge in [-0.25, -0.2) is 0 Å². The Hall–Kier alpha value is -1.84. The van der Waals surface area contributed by atoms with Crippen molar-refractivity contribution in [3.63, 3.8) is 0 Å². The Kier molecular flexibility index (Phi) is 14.6. The normalized spacial score (nSPS) is 8.05. The van der Waals surface area contributed by atoms with Crippen molar-refractivity contribution in [3.8, 4) is 0 Å². The highest BCUT2D eigenvalue weighted by Crippen LogP contribution is 1.92. The molecule has 1 aromatic rings. The van der Waals surface area contributed by atoms with Gasteiger partial charge < -0.3 is 9.47 Å². The molecule has 19 heavy (non-hydrogen) atoms. The molecule has 0 N–H and O–H groups in total. The zero-order chi connectivity index (χ0) is 15.1. The van der Waals surface area contributed by atoms with Gasteiger partial charge >= 0.3 is 11.9 Å². The average molecular weight is 268 g/mol. The topological polar surface area (TPSA) is 52.6 Å². The van der Waals surface area contributed by atoms with Crippen molar-refractivity contribution in [1.29, 1.82) is 0 Å². The zero-order valence-corrected chi connectivity index (χ0v) is 12.4. The Bertz CT molecular complexity index is 317. The standard InChI is InChI=1S/C7H8.2C4H8O2/c1-7-5-3-2-4-6-7;2*1-3-6-4(2)5/h2-6H,1H3;2*3H2,1-2H3. The smallest absolute Gasteiger partial charge is 0.302 e. The zero-order valence-electron chi connectivity index (χ0n) is 12.4. The van der Waals surface area contributed by atoms with Crippen molar-refractivity contribution in [2.75, 3.05) is 13.2 Å². The third-order valence-corrected chi connectivity index (χ3v) is 1.64. The molecule has 0 atom stereocenters. The maximum absolute atomic E-state index is 9.82. The van der Waals surface area contributed by atoms with Gasteiger partial charge in [-0.1, -0.05) is 35.9 Å². The quantitative estimate of drug-likeness (QED) is 0.773. The summed E-state index contributed by atoms with van der Waals surface area (Å²) in [4.78, 5) is 19.6. The summed E-state index contributed by atoms with van der Waals surface area (Å²) in [5.74, 6) is -0.421. The van der Waals surface area contributed by atoms with E-state index in [0.717, 1.165) is 0 Å². The molecule has 1 rings (SSSR count). The Labute approximate surface area is 115 Å². The first-order chi connectivity index (χ1) is 8.93. The molecule has 1 aromatic carbocycles. The molecule has 0 bridgehead atoms. The SMILES string of the molecule is CCOC(C)=O.CCOC(C)=O.Cc1ccccc1. The lowest BCUT2D eigenvalue weighted by molar-refractivity contribution is -0.141. The molecule has 0 heterocycles. The van der Waals surface area contributed by atoms with Crippen LogP contribution in [0.1, 0.15) is 33.3 Å². The predicted molar refractivity (Wildman–Crippen MR) is 75.8 cm³/mol. The summed E-state index contributed by atoms with van der Waals surface area (Å²) in [5, 5.41) is 0. The van der Waals surface area contributed by atoms with Crippen LogP contribution < -0.4 is 0 Å². The van der Waals surface area contributed by atoms with Crippen LogP contribution >= 0.6 is 0 Å². The summed E-state index contributed by atoms with van der Waals surface area (Å²) in [6, 6.07) is 10.3. The third-order valence-electron chi connectivity index (χ3n) is 1.64. The summed E-state index contributed by atoms with van der Waals surface area (Å²) in [6.45, 7) is 9.39. The number of esters is 2. The van der Waals surface area contributed by atoms with Gasteiger partial charge in [-0.2, -0.15) is 0 Å². The fourth-order valence-electron chi connectivity index (χ4n) is 0.941. The molecule has 0 amide bonds. The summed E-state index contributed by atoms with van der Waals surface area (Å²) >= 11 is 0. The second kappa shape index (κ2) is 14.2. The number of rotatable bonds is 2. The first kappa shape index (κ1) is 19.5. The van der Waals surface area contributed by atoms with Gasteiger partial charge in [-0.05, 0) is 20.8 Å². The number of carbonyl (C=O) groups is 2. The molecule has 0 aliphatic carbocycles. The molecule has 0 aliphatic heterocycles. The molecule has 0 fully saturated rings. The number of carbonyl (C=O) groups excluding carboxylic acids is 2. The minimum atomic E-state index is -0.211. The van der Waals surface area contributed by atoms with Crippen LogP contribution in [-0.2, 0) is 19.1 Å². The molecule has 0 spiro atoms. The van der Waals surface area contributed by atoms with Crippen molar-refractivity contribution in [2.45, 2.75) is 34.6 Å². The van der Waals surface area contributed by atoms with E-state index in [9.17, 15) is 9.59 Å². The molecule has 0 radical (unpaired) electrons. The minimum absolute atomic E-state index is 0.211. The Balaban J connectivity index is 0. The molecule has 0 aliphatic rings. The number of hydrogen-bond donors (Lipinski definition) is 0. The highest BCUT2D eigenvalue weighted by Gasteiger charge is 1.82. The second-order valence-electron chi connectivity index (χ2n) is 3.50. The van der Waals surface area contributed by atoms with E-state index in [2.05, 4.69) is 28.5 Å². The van der Waals surface area contributed by atoms with Crippen molar-refractivity contribution >= 4 is 11.9 Å². The molecule has 0 saturated heterocycles. The van der Waals surface area contributed by atoms with E-state index in [4.69, 9.17) is 0 Å². The Morgan fingerprint density at radius 1 is 0.895 bits per heavy atom. The Morgan fingerprint density at radius 3 is 1.37 bits per heavy atom. The summed E-state index contributed by atoms with van der Waals surface area (Å²) in [5.41, 5.74) is 1.32. The van der Waals surface area contributed by atoms with Gasteiger partial charge in [0.05, 0.1) is 13.2 Å². The highest BCUT2D eigenvalue weighted by atomic mass is 16.5. The van der Waals surface area contributed by atoms with Crippen molar-refractivity contribution in [1.82, 2.24) is 0 Å². The summed E-state index contributed by atoms with van der Waals surface area (Å²) < 4.78 is 8.81. The number of hydrogen-bond acceptors (Lipinski definition) is 4. The maximum Gasteiger partial charge on any atom is 0.302 e. The van der Waals surface area contributed by atoms with Crippen LogP contribution in [0, 0.1) is 6.92 Å². The van der Waals surface area contributed by atoms with E-state index >= 15 is 0 Å². The number of benzene rings is 1. The van der Waals surface area contributed by atoms with Gasteiger partial charge in [-0.15, -0.1) is 0 Å². The van der Waals surface area contributed by atoms with E-state index in [1.54, 1.807) is 13.8 Å². The summed E-state index contributed by atoms with van der Waals surface area (Å²) in [6.07, 6.45) is 0. The minimum Gasteiger partial charge on any atom is -0.466 e. The second-order valence-corrected chi connectivity index (χ2v) is 3.50. The summed E-state index contributed by atoms with van der Waals surface area (Å²) in [7, 11) is 0. The van der Waals surface area contributed by atoms with Crippen LogP contribution in [-0.4, -0.2) is 25.2 Å². The molecular weight excluding hydrogens is 244 g/mol. The van der Waals surface area contributed by atoms with Gasteiger partial charge in [0.2, 0.25) is 0 Å². The lowest BCUT2D eigenvalue weighted by Crippen LogP contribution is -1.95. The van der Waals surface area contributed by atoms with Crippen LogP contribution in [0.2, 0.25) is 0 Å². The van der Waals surface area contributed by atoms with Gasteiger partial charge in [0.15, 0.2) is 0 Å². The molecule has 108 valence electrons. The van der Waals surface area contributed by atoms with E-state index in [1.807, 2.05) is 18.2 Å². The van der Waals surface area contributed by atoms with Gasteiger partial charge in [0.1, 0.15) is 0 Å².